The molecule has 10 aromatic rings. The maximum Gasteiger partial charge on any atom is 3.00 e. The molecule has 0 aliphatic rings. The zero-order chi connectivity index (χ0) is 54.9. The van der Waals surface area contributed by atoms with Gasteiger partial charge in [0.2, 0.25) is 0 Å². The zero-order valence-electron chi connectivity index (χ0n) is 45.8. The van der Waals surface area contributed by atoms with Crippen LogP contribution < -0.4 is 0 Å². The Hall–Kier alpha value is -8.89. The van der Waals surface area contributed by atoms with Gasteiger partial charge in [0.15, 0.2) is 0 Å². The van der Waals surface area contributed by atoms with Gasteiger partial charge in [-0.05, 0) is 131 Å². The molecular formula is C72H57IrN6. The van der Waals surface area contributed by atoms with E-state index in [4.69, 9.17) is 21.5 Å². The first-order valence-corrected chi connectivity index (χ1v) is 26.1. The van der Waals surface area contributed by atoms with Crippen molar-refractivity contribution in [1.29, 1.82) is 10.5 Å². The fourth-order valence-corrected chi connectivity index (χ4v) is 9.98. The maximum atomic E-state index is 10.9. The molecule has 0 unspecified atom stereocenters. The molecule has 3 aromatic heterocycles. The van der Waals surface area contributed by atoms with Crippen LogP contribution in [0.2, 0.25) is 0 Å². The standard InChI is InChI=1S/C72H57N6.Ir/c1-70(2,3)54-29-32-76-66(41-54)46-23-26-60(52(35-46)44-73)62-20-14-11-17-57(62)49-37-50(58-18-12-15-21-63(58)61-27-24-47(36-53(61)45-74)67-42-55(30-33-77-67)71(4,5)6)39-51(38-49)59-19-13-16-22-64(59)65-28-25-48(40-69(65)75-10)68-43-56(31-34-78-68)72(7,8)9;/h11-22,26-43H,1-9H3;/q-3;+3. The van der Waals surface area contributed by atoms with E-state index in [1.165, 1.54) is 0 Å². The summed E-state index contributed by atoms with van der Waals surface area (Å²) in [6.45, 7) is 28.1. The second-order valence-electron chi connectivity index (χ2n) is 22.8. The third-order valence-electron chi connectivity index (χ3n) is 14.4. The normalized spacial score (nSPS) is 11.5. The molecular weight excluding hydrogens is 1140 g/mol. The van der Waals surface area contributed by atoms with E-state index >= 15 is 0 Å². The molecule has 0 saturated carbocycles. The zero-order valence-corrected chi connectivity index (χ0v) is 48.2. The maximum absolute atomic E-state index is 10.9. The van der Waals surface area contributed by atoms with Gasteiger partial charge in [0.25, 0.3) is 0 Å². The summed E-state index contributed by atoms with van der Waals surface area (Å²) >= 11 is 0. The SMILES string of the molecule is [C-]#[N+]c1cc(-c2cc(C(C)(C)C)ccn2)[c-]cc1-c1ccccc1-c1cc(-c2ccccc2-c2c[c-]c(-c3cc(C(C)(C)C)ccn3)cc2C#N)cc(-c2ccccc2-c2c[c-]c(-c3cc(C(C)(C)C)ccn3)cc2C#N)c1.[Ir+3]. The summed E-state index contributed by atoms with van der Waals surface area (Å²) in [7, 11) is 0. The molecule has 0 aliphatic heterocycles. The summed E-state index contributed by atoms with van der Waals surface area (Å²) in [6.07, 6.45) is 5.46. The van der Waals surface area contributed by atoms with E-state index in [1.807, 2.05) is 110 Å². The molecule has 79 heavy (non-hydrogen) atoms. The van der Waals surface area contributed by atoms with E-state index in [1.54, 1.807) is 0 Å². The molecule has 0 saturated heterocycles. The van der Waals surface area contributed by atoms with Crippen LogP contribution in [-0.4, -0.2) is 15.0 Å². The van der Waals surface area contributed by atoms with Gasteiger partial charge in [-0.3, -0.25) is 4.85 Å². The van der Waals surface area contributed by atoms with Crippen LogP contribution >= 0.6 is 0 Å². The van der Waals surface area contributed by atoms with Crippen molar-refractivity contribution in [2.75, 3.05) is 0 Å². The molecule has 0 radical (unpaired) electrons. The van der Waals surface area contributed by atoms with Gasteiger partial charge in [-0.2, -0.15) is 10.5 Å². The Morgan fingerprint density at radius 1 is 0.392 bits per heavy atom. The quantitative estimate of drug-likeness (QED) is 0.134. The minimum Gasteiger partial charge on any atom is -0.305 e. The van der Waals surface area contributed by atoms with Crippen molar-refractivity contribution in [2.45, 2.75) is 78.6 Å². The molecule has 7 heteroatoms. The average Bonchev–Trinajstić information content (AvgIpc) is 3.61. The van der Waals surface area contributed by atoms with Crippen molar-refractivity contribution in [2.24, 2.45) is 0 Å². The number of aromatic nitrogens is 3. The first-order chi connectivity index (χ1) is 37.4. The smallest absolute Gasteiger partial charge is 0.305 e. The Balaban J connectivity index is 0.00000757. The van der Waals surface area contributed by atoms with Gasteiger partial charge in [0.1, 0.15) is 5.69 Å². The van der Waals surface area contributed by atoms with E-state index in [2.05, 4.69) is 170 Å². The predicted molar refractivity (Wildman–Crippen MR) is 317 cm³/mol. The fraction of sp³-hybridized carbons (Fsp3) is 0.167. The summed E-state index contributed by atoms with van der Waals surface area (Å²) in [5.74, 6) is 0. The van der Waals surface area contributed by atoms with Crippen LogP contribution in [0.1, 0.15) is 90.1 Å². The molecule has 6 nitrogen and oxygen atoms in total. The summed E-state index contributed by atoms with van der Waals surface area (Å²) in [6, 6.07) is 70.3. The average molecular weight is 1200 g/mol. The Kier molecular flexibility index (Phi) is 15.4. The topological polar surface area (TPSA) is 90.6 Å². The van der Waals surface area contributed by atoms with Crippen LogP contribution in [0, 0.1) is 47.4 Å². The molecule has 3 heterocycles. The van der Waals surface area contributed by atoms with Crippen LogP contribution in [0.25, 0.3) is 105 Å². The van der Waals surface area contributed by atoms with Gasteiger partial charge >= 0.3 is 20.1 Å². The molecule has 384 valence electrons. The van der Waals surface area contributed by atoms with E-state index in [0.717, 1.165) is 117 Å². The Labute approximate surface area is 479 Å². The number of pyridine rings is 3. The van der Waals surface area contributed by atoms with Crippen LogP contribution in [-0.2, 0) is 36.4 Å². The third-order valence-corrected chi connectivity index (χ3v) is 14.4. The van der Waals surface area contributed by atoms with E-state index in [-0.39, 0.29) is 36.4 Å². The van der Waals surface area contributed by atoms with E-state index < -0.39 is 0 Å². The molecule has 0 spiro atoms. The summed E-state index contributed by atoms with van der Waals surface area (Å²) in [4.78, 5) is 18.2. The van der Waals surface area contributed by atoms with Gasteiger partial charge in [0, 0.05) is 18.6 Å². The molecule has 0 aliphatic carbocycles. The van der Waals surface area contributed by atoms with Gasteiger partial charge in [0.05, 0.1) is 18.7 Å². The van der Waals surface area contributed by atoms with Crippen molar-refractivity contribution in [3.63, 3.8) is 0 Å². The van der Waals surface area contributed by atoms with Crippen molar-refractivity contribution in [3.05, 3.63) is 240 Å². The Bertz CT molecular complexity index is 3660. The minimum atomic E-state index is -0.0832. The summed E-state index contributed by atoms with van der Waals surface area (Å²) < 4.78 is 0. The van der Waals surface area contributed by atoms with Gasteiger partial charge in [-0.25, -0.2) is 0 Å². The molecule has 0 atom stereocenters. The van der Waals surface area contributed by atoms with Gasteiger partial charge in [-0.15, -0.1) is 71.3 Å². The number of hydrogen-bond acceptors (Lipinski definition) is 5. The fourth-order valence-electron chi connectivity index (χ4n) is 9.98. The molecule has 0 bridgehead atoms. The largest absolute Gasteiger partial charge is 3.00 e. The molecule has 0 amide bonds. The van der Waals surface area contributed by atoms with Crippen LogP contribution in [0.5, 0.6) is 0 Å². The van der Waals surface area contributed by atoms with Crippen LogP contribution in [0.3, 0.4) is 0 Å². The molecule has 0 N–H and O–H groups in total. The van der Waals surface area contributed by atoms with E-state index in [9.17, 15) is 10.5 Å². The van der Waals surface area contributed by atoms with E-state index in [0.29, 0.717) is 16.8 Å². The Morgan fingerprint density at radius 3 is 1.01 bits per heavy atom. The van der Waals surface area contributed by atoms with Crippen LogP contribution in [0.4, 0.5) is 5.69 Å². The summed E-state index contributed by atoms with van der Waals surface area (Å²) in [5.41, 5.74) is 19.5. The Morgan fingerprint density at radius 2 is 0.696 bits per heavy atom. The van der Waals surface area contributed by atoms with Crippen molar-refractivity contribution in [1.82, 2.24) is 15.0 Å². The third kappa shape index (κ3) is 11.4. The van der Waals surface area contributed by atoms with Crippen molar-refractivity contribution < 1.29 is 20.1 Å². The number of nitriles is 2. The number of benzene rings is 7. The predicted octanol–water partition coefficient (Wildman–Crippen LogP) is 18.5. The van der Waals surface area contributed by atoms with Crippen LogP contribution in [0.15, 0.2) is 182 Å². The molecule has 7 aromatic carbocycles. The second-order valence-corrected chi connectivity index (χ2v) is 22.8. The summed E-state index contributed by atoms with van der Waals surface area (Å²) in [5, 5.41) is 21.7. The number of nitrogens with zero attached hydrogens (tertiary/aromatic N) is 6. The number of rotatable bonds is 9. The first-order valence-electron chi connectivity index (χ1n) is 26.1. The second kappa shape index (κ2) is 22.2. The van der Waals surface area contributed by atoms with Gasteiger partial charge < -0.3 is 15.0 Å². The van der Waals surface area contributed by atoms with Crippen molar-refractivity contribution in [3.8, 4) is 113 Å². The molecule has 0 fully saturated rings. The monoisotopic (exact) mass is 1200 g/mol. The first kappa shape index (κ1) is 54.9. The number of hydrogen-bond donors (Lipinski definition) is 0. The van der Waals surface area contributed by atoms with Gasteiger partial charge in [-0.1, -0.05) is 187 Å². The van der Waals surface area contributed by atoms with Crippen molar-refractivity contribution >= 4 is 5.69 Å². The molecule has 10 rings (SSSR count). The minimum absolute atomic E-state index is 0.